The van der Waals surface area contributed by atoms with Gasteiger partial charge in [0.2, 0.25) is 0 Å². The van der Waals surface area contributed by atoms with Crippen LogP contribution in [-0.2, 0) is 4.74 Å². The van der Waals surface area contributed by atoms with Crippen molar-refractivity contribution in [2.75, 3.05) is 47.1 Å². The SMILES string of the molecule is CCOCCCNC(=NC)NCCOc1cccc(OC)c1.I. The quantitative estimate of drug-likeness (QED) is 0.255. The smallest absolute Gasteiger partial charge is 0.191 e. The summed E-state index contributed by atoms with van der Waals surface area (Å²) in [7, 11) is 3.39. The molecule has 0 unspecified atom stereocenters. The van der Waals surface area contributed by atoms with Crippen molar-refractivity contribution < 1.29 is 14.2 Å². The average molecular weight is 437 g/mol. The fourth-order valence-electron chi connectivity index (χ4n) is 1.78. The van der Waals surface area contributed by atoms with Crippen LogP contribution >= 0.6 is 24.0 Å². The Labute approximate surface area is 156 Å². The number of methoxy groups -OCH3 is 1. The van der Waals surface area contributed by atoms with Gasteiger partial charge in [-0.2, -0.15) is 0 Å². The first-order valence-corrected chi connectivity index (χ1v) is 7.59. The van der Waals surface area contributed by atoms with Crippen LogP contribution in [-0.4, -0.2) is 53.0 Å². The van der Waals surface area contributed by atoms with E-state index in [1.807, 2.05) is 31.2 Å². The highest BCUT2D eigenvalue weighted by Gasteiger charge is 1.99. The molecule has 0 radical (unpaired) electrons. The van der Waals surface area contributed by atoms with Gasteiger partial charge in [0.05, 0.1) is 13.7 Å². The third-order valence-electron chi connectivity index (χ3n) is 2.89. The number of nitrogens with zero attached hydrogens (tertiary/aromatic N) is 1. The highest BCUT2D eigenvalue weighted by atomic mass is 127. The summed E-state index contributed by atoms with van der Waals surface area (Å²) in [6.07, 6.45) is 0.953. The normalized spacial score (nSPS) is 10.7. The predicted molar refractivity (Wildman–Crippen MR) is 104 cm³/mol. The number of hydrogen-bond donors (Lipinski definition) is 2. The number of halogens is 1. The van der Waals surface area contributed by atoms with Crippen LogP contribution in [0.5, 0.6) is 11.5 Å². The molecule has 23 heavy (non-hydrogen) atoms. The summed E-state index contributed by atoms with van der Waals surface area (Å²) in [5, 5.41) is 6.43. The second-order valence-corrected chi connectivity index (χ2v) is 4.50. The summed E-state index contributed by atoms with van der Waals surface area (Å²) in [6, 6.07) is 7.56. The number of benzene rings is 1. The minimum absolute atomic E-state index is 0. The van der Waals surface area contributed by atoms with Crippen molar-refractivity contribution in [3.05, 3.63) is 24.3 Å². The van der Waals surface area contributed by atoms with Crippen molar-refractivity contribution in [1.29, 1.82) is 0 Å². The van der Waals surface area contributed by atoms with E-state index in [9.17, 15) is 0 Å². The predicted octanol–water partition coefficient (Wildman–Crippen LogP) is 2.28. The Morgan fingerprint density at radius 1 is 1.13 bits per heavy atom. The van der Waals surface area contributed by atoms with Crippen LogP contribution in [0.1, 0.15) is 13.3 Å². The maximum atomic E-state index is 5.66. The molecule has 0 fully saturated rings. The summed E-state index contributed by atoms with van der Waals surface area (Å²) < 4.78 is 16.1. The van der Waals surface area contributed by atoms with E-state index in [1.54, 1.807) is 14.2 Å². The summed E-state index contributed by atoms with van der Waals surface area (Å²) in [5.74, 6) is 2.35. The molecule has 0 aliphatic rings. The molecular weight excluding hydrogens is 409 g/mol. The lowest BCUT2D eigenvalue weighted by Crippen LogP contribution is -2.39. The van der Waals surface area contributed by atoms with E-state index in [0.29, 0.717) is 13.2 Å². The maximum absolute atomic E-state index is 5.66. The van der Waals surface area contributed by atoms with Gasteiger partial charge in [0.1, 0.15) is 18.1 Å². The van der Waals surface area contributed by atoms with Gasteiger partial charge in [-0.15, -0.1) is 24.0 Å². The Morgan fingerprint density at radius 2 is 1.87 bits per heavy atom. The lowest BCUT2D eigenvalue weighted by molar-refractivity contribution is 0.145. The standard InChI is InChI=1S/C16H27N3O3.HI/c1-4-21-11-6-9-18-16(17-2)19-10-12-22-15-8-5-7-14(13-15)20-3;/h5,7-8,13H,4,6,9-12H2,1-3H3,(H2,17,18,19);1H. The largest absolute Gasteiger partial charge is 0.497 e. The summed E-state index contributed by atoms with van der Waals surface area (Å²) >= 11 is 0. The zero-order chi connectivity index (χ0) is 16.0. The molecule has 132 valence electrons. The monoisotopic (exact) mass is 437 g/mol. The highest BCUT2D eigenvalue weighted by Crippen LogP contribution is 2.18. The molecule has 0 atom stereocenters. The van der Waals surface area contributed by atoms with Crippen molar-refractivity contribution >= 4 is 29.9 Å². The zero-order valence-electron chi connectivity index (χ0n) is 14.1. The van der Waals surface area contributed by atoms with Gasteiger partial charge in [-0.05, 0) is 25.5 Å². The van der Waals surface area contributed by atoms with E-state index in [-0.39, 0.29) is 24.0 Å². The Bertz CT molecular complexity index is 444. The third kappa shape index (κ3) is 10.2. The minimum atomic E-state index is 0. The Kier molecular flexibility index (Phi) is 13.6. The topological polar surface area (TPSA) is 64.1 Å². The van der Waals surface area contributed by atoms with Crippen molar-refractivity contribution in [1.82, 2.24) is 10.6 Å². The van der Waals surface area contributed by atoms with Gasteiger partial charge in [0.15, 0.2) is 5.96 Å². The first kappa shape index (κ1) is 21.8. The molecule has 2 N–H and O–H groups in total. The molecular formula is C16H28IN3O3. The number of hydrogen-bond acceptors (Lipinski definition) is 4. The van der Waals surface area contributed by atoms with Gasteiger partial charge >= 0.3 is 0 Å². The van der Waals surface area contributed by atoms with Crippen molar-refractivity contribution in [2.24, 2.45) is 4.99 Å². The van der Waals surface area contributed by atoms with Crippen LogP contribution in [0.4, 0.5) is 0 Å². The molecule has 1 aromatic carbocycles. The van der Waals surface area contributed by atoms with Gasteiger partial charge in [-0.1, -0.05) is 6.07 Å². The van der Waals surface area contributed by atoms with E-state index in [0.717, 1.165) is 43.6 Å². The Hall–Kier alpha value is -1.22. The van der Waals surface area contributed by atoms with Gasteiger partial charge in [-0.3, -0.25) is 4.99 Å². The molecule has 1 aromatic rings. The second kappa shape index (κ2) is 14.4. The molecule has 0 aliphatic carbocycles. The van der Waals surface area contributed by atoms with Gasteiger partial charge < -0.3 is 24.8 Å². The number of guanidine groups is 1. The first-order chi connectivity index (χ1) is 10.8. The van der Waals surface area contributed by atoms with Crippen LogP contribution in [0.15, 0.2) is 29.3 Å². The highest BCUT2D eigenvalue weighted by molar-refractivity contribution is 14.0. The molecule has 0 spiro atoms. The van der Waals surface area contributed by atoms with Crippen molar-refractivity contribution in [3.63, 3.8) is 0 Å². The molecule has 7 heteroatoms. The fourth-order valence-corrected chi connectivity index (χ4v) is 1.78. The van der Waals surface area contributed by atoms with Crippen LogP contribution in [0.3, 0.4) is 0 Å². The van der Waals surface area contributed by atoms with Crippen LogP contribution in [0, 0.1) is 0 Å². The minimum Gasteiger partial charge on any atom is -0.497 e. The van der Waals surface area contributed by atoms with Crippen LogP contribution in [0.2, 0.25) is 0 Å². The van der Waals surface area contributed by atoms with E-state index in [1.165, 1.54) is 0 Å². The lowest BCUT2D eigenvalue weighted by Gasteiger charge is -2.12. The van der Waals surface area contributed by atoms with E-state index in [4.69, 9.17) is 14.2 Å². The van der Waals surface area contributed by atoms with Gasteiger partial charge in [0, 0.05) is 32.9 Å². The molecule has 0 saturated carbocycles. The van der Waals surface area contributed by atoms with Crippen molar-refractivity contribution in [2.45, 2.75) is 13.3 Å². The number of nitrogens with one attached hydrogen (secondary N) is 2. The molecule has 0 bridgehead atoms. The Balaban J connectivity index is 0.00000484. The number of ether oxygens (including phenoxy) is 3. The molecule has 0 aromatic heterocycles. The lowest BCUT2D eigenvalue weighted by atomic mass is 10.3. The molecule has 6 nitrogen and oxygen atoms in total. The first-order valence-electron chi connectivity index (χ1n) is 7.59. The summed E-state index contributed by atoms with van der Waals surface area (Å²) in [4.78, 5) is 4.16. The maximum Gasteiger partial charge on any atom is 0.191 e. The van der Waals surface area contributed by atoms with Crippen molar-refractivity contribution in [3.8, 4) is 11.5 Å². The molecule has 1 rings (SSSR count). The second-order valence-electron chi connectivity index (χ2n) is 4.50. The van der Waals surface area contributed by atoms with Gasteiger partial charge in [-0.25, -0.2) is 0 Å². The molecule has 0 aliphatic heterocycles. The molecule has 0 amide bonds. The Morgan fingerprint density at radius 3 is 2.57 bits per heavy atom. The number of aliphatic imine (C=N–C) groups is 1. The average Bonchev–Trinajstić information content (AvgIpc) is 2.56. The van der Waals surface area contributed by atoms with E-state index in [2.05, 4.69) is 15.6 Å². The number of rotatable bonds is 10. The van der Waals surface area contributed by atoms with Crippen LogP contribution in [0.25, 0.3) is 0 Å². The molecule has 0 heterocycles. The third-order valence-corrected chi connectivity index (χ3v) is 2.89. The van der Waals surface area contributed by atoms with E-state index >= 15 is 0 Å². The zero-order valence-corrected chi connectivity index (χ0v) is 16.5. The fraction of sp³-hybridized carbons (Fsp3) is 0.562. The summed E-state index contributed by atoms with van der Waals surface area (Å²) in [6.45, 7) is 5.57. The van der Waals surface area contributed by atoms with Gasteiger partial charge in [0.25, 0.3) is 0 Å². The van der Waals surface area contributed by atoms with Crippen LogP contribution < -0.4 is 20.1 Å². The van der Waals surface area contributed by atoms with E-state index < -0.39 is 0 Å². The molecule has 0 saturated heterocycles. The summed E-state index contributed by atoms with van der Waals surface area (Å²) in [5.41, 5.74) is 0.